The molecule has 1 heterocycles. The molecule has 0 aliphatic rings. The highest BCUT2D eigenvalue weighted by Gasteiger charge is 2.12. The van der Waals surface area contributed by atoms with Crippen LogP contribution in [0, 0.1) is 0 Å². The first-order valence-corrected chi connectivity index (χ1v) is 8.39. The molecule has 0 aliphatic heterocycles. The van der Waals surface area contributed by atoms with Gasteiger partial charge in [-0.15, -0.1) is 0 Å². The van der Waals surface area contributed by atoms with E-state index in [1.165, 1.54) is 7.11 Å². The number of hydrogen-bond donors (Lipinski definition) is 3. The van der Waals surface area contributed by atoms with Crippen LogP contribution in [0.15, 0.2) is 48.5 Å². The van der Waals surface area contributed by atoms with Crippen LogP contribution >= 0.6 is 11.6 Å². The quantitative estimate of drug-likeness (QED) is 0.588. The number of ether oxygens (including phenoxy) is 1. The minimum atomic E-state index is -0.535. The van der Waals surface area contributed by atoms with Crippen molar-refractivity contribution in [2.24, 2.45) is 0 Å². The summed E-state index contributed by atoms with van der Waals surface area (Å²) >= 11 is 5.95. The Labute approximate surface area is 159 Å². The summed E-state index contributed by atoms with van der Waals surface area (Å²) in [6.07, 6.45) is 0. The first-order valence-electron chi connectivity index (χ1n) is 8.01. The summed E-state index contributed by atoms with van der Waals surface area (Å²) in [7, 11) is 1.24. The van der Waals surface area contributed by atoms with Gasteiger partial charge in [0.2, 0.25) is 0 Å². The molecule has 0 saturated carbocycles. The van der Waals surface area contributed by atoms with Gasteiger partial charge >= 0.3 is 5.97 Å². The van der Waals surface area contributed by atoms with Crippen molar-refractivity contribution in [2.75, 3.05) is 19.0 Å². The predicted molar refractivity (Wildman–Crippen MR) is 102 cm³/mol. The van der Waals surface area contributed by atoms with Crippen LogP contribution in [0.3, 0.4) is 0 Å². The number of carbonyl (C=O) groups excluding carboxylic acids is 3. The van der Waals surface area contributed by atoms with Gasteiger partial charge in [0.1, 0.15) is 12.2 Å². The fourth-order valence-electron chi connectivity index (χ4n) is 2.46. The molecule has 0 saturated heterocycles. The molecule has 3 N–H and O–H groups in total. The minimum Gasteiger partial charge on any atom is -0.468 e. The van der Waals surface area contributed by atoms with Gasteiger partial charge < -0.3 is 20.4 Å². The molecule has 2 aromatic carbocycles. The molecular weight excluding hydrogens is 370 g/mol. The zero-order valence-electron chi connectivity index (χ0n) is 14.3. The summed E-state index contributed by atoms with van der Waals surface area (Å²) < 4.78 is 4.46. The summed E-state index contributed by atoms with van der Waals surface area (Å²) in [4.78, 5) is 38.4. The van der Waals surface area contributed by atoms with E-state index in [0.29, 0.717) is 22.0 Å². The standard InChI is InChI=1S/C19H16ClN3O4/c1-27-17(24)10-21-18(25)11-2-5-14(6-3-11)22-19(26)16-9-12-8-13(20)4-7-15(12)23-16/h2-9,23H,10H2,1H3,(H,21,25)(H,22,26). The van der Waals surface area contributed by atoms with E-state index in [1.807, 2.05) is 0 Å². The Morgan fingerprint density at radius 1 is 1.04 bits per heavy atom. The third-order valence-corrected chi connectivity index (χ3v) is 4.09. The highest BCUT2D eigenvalue weighted by Crippen LogP contribution is 2.21. The third-order valence-electron chi connectivity index (χ3n) is 3.85. The molecule has 0 bridgehead atoms. The molecule has 138 valence electrons. The fourth-order valence-corrected chi connectivity index (χ4v) is 2.64. The number of aromatic nitrogens is 1. The summed E-state index contributed by atoms with van der Waals surface area (Å²) in [5.74, 6) is -1.26. The maximum Gasteiger partial charge on any atom is 0.325 e. The number of carbonyl (C=O) groups is 3. The van der Waals surface area contributed by atoms with Crippen LogP contribution < -0.4 is 10.6 Å². The number of H-pyrrole nitrogens is 1. The number of hydrogen-bond acceptors (Lipinski definition) is 4. The summed E-state index contributed by atoms with van der Waals surface area (Å²) in [6.45, 7) is -0.210. The Morgan fingerprint density at radius 3 is 2.48 bits per heavy atom. The van der Waals surface area contributed by atoms with E-state index < -0.39 is 11.9 Å². The number of halogens is 1. The molecule has 3 rings (SSSR count). The lowest BCUT2D eigenvalue weighted by atomic mass is 10.2. The number of benzene rings is 2. The molecule has 7 nitrogen and oxygen atoms in total. The molecule has 8 heteroatoms. The molecular formula is C19H16ClN3O4. The Morgan fingerprint density at radius 2 is 1.78 bits per heavy atom. The molecule has 0 atom stereocenters. The summed E-state index contributed by atoms with van der Waals surface area (Å²) in [6, 6.07) is 13.3. The normalized spacial score (nSPS) is 10.4. The van der Waals surface area contributed by atoms with Crippen molar-refractivity contribution in [1.82, 2.24) is 10.3 Å². The highest BCUT2D eigenvalue weighted by atomic mass is 35.5. The Kier molecular flexibility index (Phi) is 5.42. The smallest absolute Gasteiger partial charge is 0.325 e. The molecule has 3 aromatic rings. The number of anilines is 1. The van der Waals surface area contributed by atoms with E-state index in [9.17, 15) is 14.4 Å². The van der Waals surface area contributed by atoms with Gasteiger partial charge in [-0.25, -0.2) is 0 Å². The van der Waals surface area contributed by atoms with E-state index in [0.717, 1.165) is 10.9 Å². The van der Waals surface area contributed by atoms with E-state index >= 15 is 0 Å². The van der Waals surface area contributed by atoms with Gasteiger partial charge in [-0.3, -0.25) is 14.4 Å². The van der Waals surface area contributed by atoms with Crippen LogP contribution in [-0.4, -0.2) is 36.4 Å². The lowest BCUT2D eigenvalue weighted by molar-refractivity contribution is -0.139. The topological polar surface area (TPSA) is 100 Å². The molecule has 0 spiro atoms. The molecule has 0 fully saturated rings. The SMILES string of the molecule is COC(=O)CNC(=O)c1ccc(NC(=O)c2cc3cc(Cl)ccc3[nH]2)cc1. The number of esters is 1. The van der Waals surface area contributed by atoms with E-state index in [1.54, 1.807) is 48.5 Å². The number of rotatable bonds is 5. The van der Waals surface area contributed by atoms with Gasteiger partial charge in [-0.1, -0.05) is 11.6 Å². The average Bonchev–Trinajstić information content (AvgIpc) is 3.09. The van der Waals surface area contributed by atoms with Crippen molar-refractivity contribution in [2.45, 2.75) is 0 Å². The highest BCUT2D eigenvalue weighted by molar-refractivity contribution is 6.31. The fraction of sp³-hybridized carbons (Fsp3) is 0.105. The number of methoxy groups -OCH3 is 1. The first kappa shape index (κ1) is 18.5. The van der Waals surface area contributed by atoms with Gasteiger partial charge in [0.15, 0.2) is 0 Å². The lowest BCUT2D eigenvalue weighted by Gasteiger charge is -2.06. The number of nitrogens with one attached hydrogen (secondary N) is 3. The zero-order valence-corrected chi connectivity index (χ0v) is 15.1. The van der Waals surface area contributed by atoms with Crippen molar-refractivity contribution < 1.29 is 19.1 Å². The second kappa shape index (κ2) is 7.92. The van der Waals surface area contributed by atoms with Gasteiger partial charge in [-0.2, -0.15) is 0 Å². The maximum atomic E-state index is 12.4. The Balaban J connectivity index is 1.65. The largest absolute Gasteiger partial charge is 0.468 e. The molecule has 0 radical (unpaired) electrons. The van der Waals surface area contributed by atoms with E-state index in [2.05, 4.69) is 20.4 Å². The predicted octanol–water partition coefficient (Wildman–Crippen LogP) is 2.98. The molecule has 0 aliphatic carbocycles. The maximum absolute atomic E-state index is 12.4. The van der Waals surface area contributed by atoms with Crippen molar-refractivity contribution in [1.29, 1.82) is 0 Å². The van der Waals surface area contributed by atoms with Crippen molar-refractivity contribution in [3.63, 3.8) is 0 Å². The lowest BCUT2D eigenvalue weighted by Crippen LogP contribution is -2.30. The summed E-state index contributed by atoms with van der Waals surface area (Å²) in [5.41, 5.74) is 2.09. The average molecular weight is 386 g/mol. The molecule has 27 heavy (non-hydrogen) atoms. The van der Waals surface area contributed by atoms with Crippen LogP contribution in [0.2, 0.25) is 5.02 Å². The monoisotopic (exact) mass is 385 g/mol. The molecule has 2 amide bonds. The second-order valence-corrected chi connectivity index (χ2v) is 6.14. The minimum absolute atomic E-state index is 0.210. The van der Waals surface area contributed by atoms with E-state index in [4.69, 9.17) is 11.6 Å². The Hall–Kier alpha value is -3.32. The van der Waals surface area contributed by atoms with Crippen LogP contribution in [0.25, 0.3) is 10.9 Å². The summed E-state index contributed by atoms with van der Waals surface area (Å²) in [5, 5.41) is 6.62. The van der Waals surface area contributed by atoms with Crippen LogP contribution in [-0.2, 0) is 9.53 Å². The Bertz CT molecular complexity index is 1010. The third kappa shape index (κ3) is 4.45. The number of aromatic amines is 1. The van der Waals surface area contributed by atoms with E-state index in [-0.39, 0.29) is 12.5 Å². The van der Waals surface area contributed by atoms with Gasteiger partial charge in [0.25, 0.3) is 11.8 Å². The van der Waals surface area contributed by atoms with Crippen molar-refractivity contribution in [3.8, 4) is 0 Å². The van der Waals surface area contributed by atoms with Gasteiger partial charge in [0, 0.05) is 27.2 Å². The molecule has 1 aromatic heterocycles. The number of amides is 2. The van der Waals surface area contributed by atoms with Gasteiger partial charge in [-0.05, 0) is 48.5 Å². The first-order chi connectivity index (χ1) is 13.0. The second-order valence-electron chi connectivity index (χ2n) is 5.70. The van der Waals surface area contributed by atoms with Crippen molar-refractivity contribution in [3.05, 3.63) is 64.8 Å². The van der Waals surface area contributed by atoms with Crippen LogP contribution in [0.1, 0.15) is 20.8 Å². The van der Waals surface area contributed by atoms with Gasteiger partial charge in [0.05, 0.1) is 7.11 Å². The zero-order chi connectivity index (χ0) is 19.4. The number of fused-ring (bicyclic) bond motifs is 1. The van der Waals surface area contributed by atoms with Crippen LogP contribution in [0.4, 0.5) is 5.69 Å². The van der Waals surface area contributed by atoms with Crippen molar-refractivity contribution >= 4 is 46.0 Å². The van der Waals surface area contributed by atoms with Crippen LogP contribution in [0.5, 0.6) is 0 Å². The molecule has 0 unspecified atom stereocenters.